The molecule has 7 heavy (non-hydrogen) atoms. The Bertz CT molecular complexity index is 69.4. The molecule has 1 N–H and O–H groups in total. The van der Waals surface area contributed by atoms with Gasteiger partial charge in [0.1, 0.15) is 0 Å². The molecule has 0 saturated carbocycles. The number of nitrogens with zero attached hydrogens (tertiary/aromatic N) is 1. The van der Waals surface area contributed by atoms with Gasteiger partial charge in [-0.3, -0.25) is 0 Å². The SMILES string of the molecule is [Br-].[Mg+2].[c-]1cc[nH]n1. The van der Waals surface area contributed by atoms with Gasteiger partial charge < -0.3 is 27.2 Å². The van der Waals surface area contributed by atoms with E-state index in [1.165, 1.54) is 0 Å². The number of hydrogen-bond acceptors (Lipinski definition) is 1. The van der Waals surface area contributed by atoms with Crippen molar-refractivity contribution in [3.63, 3.8) is 0 Å². The molecule has 1 aromatic heterocycles. The van der Waals surface area contributed by atoms with Crippen LogP contribution in [-0.4, -0.2) is 33.3 Å². The molecule has 0 amide bonds. The summed E-state index contributed by atoms with van der Waals surface area (Å²) in [5.41, 5.74) is 0. The van der Waals surface area contributed by atoms with Crippen molar-refractivity contribution >= 4 is 23.1 Å². The van der Waals surface area contributed by atoms with E-state index in [0.717, 1.165) is 0 Å². The van der Waals surface area contributed by atoms with Gasteiger partial charge >= 0.3 is 23.1 Å². The van der Waals surface area contributed by atoms with Crippen LogP contribution in [0.5, 0.6) is 0 Å². The van der Waals surface area contributed by atoms with Gasteiger partial charge in [0.25, 0.3) is 0 Å². The molecule has 2 nitrogen and oxygen atoms in total. The van der Waals surface area contributed by atoms with E-state index in [2.05, 4.69) is 16.4 Å². The van der Waals surface area contributed by atoms with E-state index < -0.39 is 0 Å². The monoisotopic (exact) mass is 170 g/mol. The molecule has 0 bridgehead atoms. The second-order valence-electron chi connectivity index (χ2n) is 0.703. The van der Waals surface area contributed by atoms with Gasteiger partial charge in [-0.15, -0.1) is 12.4 Å². The molecule has 1 rings (SSSR count). The largest absolute Gasteiger partial charge is 2.00 e. The van der Waals surface area contributed by atoms with Gasteiger partial charge in [0.15, 0.2) is 0 Å². The average molecular weight is 171 g/mol. The number of nitrogens with one attached hydrogen (secondary N) is 1. The molecule has 0 spiro atoms. The summed E-state index contributed by atoms with van der Waals surface area (Å²) < 4.78 is 0. The number of hydrogen-bond donors (Lipinski definition) is 1. The van der Waals surface area contributed by atoms with Crippen molar-refractivity contribution in [1.82, 2.24) is 10.2 Å². The minimum absolute atomic E-state index is 0. The second kappa shape index (κ2) is 6.46. The molecule has 34 valence electrons. The molecule has 0 saturated heterocycles. The number of aromatic amines is 1. The number of halogens is 1. The maximum atomic E-state index is 3.47. The number of H-pyrrole nitrogens is 1. The molecular formula is C3H3BrMgN2. The fourth-order valence-corrected chi connectivity index (χ4v) is 0.186. The fraction of sp³-hybridized carbons (Fsp3) is 0. The average Bonchev–Trinajstić information content (AvgIpc) is 1.76. The summed E-state index contributed by atoms with van der Waals surface area (Å²) in [5.74, 6) is 0. The van der Waals surface area contributed by atoms with Crippen molar-refractivity contribution in [2.45, 2.75) is 0 Å². The maximum absolute atomic E-state index is 3.47. The van der Waals surface area contributed by atoms with Crippen LogP contribution in [0.1, 0.15) is 0 Å². The van der Waals surface area contributed by atoms with Gasteiger partial charge in [-0.1, -0.05) is 0 Å². The molecule has 0 radical (unpaired) electrons. The van der Waals surface area contributed by atoms with Gasteiger partial charge in [0, 0.05) is 0 Å². The van der Waals surface area contributed by atoms with Crippen LogP contribution >= 0.6 is 0 Å². The number of aromatic nitrogens is 2. The predicted octanol–water partition coefficient (Wildman–Crippen LogP) is -3.17. The minimum atomic E-state index is 0. The van der Waals surface area contributed by atoms with E-state index >= 15 is 0 Å². The van der Waals surface area contributed by atoms with E-state index in [1.54, 1.807) is 12.3 Å². The molecule has 1 aromatic rings. The molecule has 1 heterocycles. The molecule has 0 atom stereocenters. The van der Waals surface area contributed by atoms with E-state index in [0.29, 0.717) is 0 Å². The summed E-state index contributed by atoms with van der Waals surface area (Å²) >= 11 is 0. The Kier molecular flexibility index (Phi) is 9.63. The Morgan fingerprint density at radius 1 is 1.57 bits per heavy atom. The van der Waals surface area contributed by atoms with E-state index in [1.807, 2.05) is 0 Å². The van der Waals surface area contributed by atoms with Gasteiger partial charge in [0.2, 0.25) is 0 Å². The first-order chi connectivity index (χ1) is 2.50. The zero-order chi connectivity index (χ0) is 3.54. The Morgan fingerprint density at radius 2 is 2.29 bits per heavy atom. The predicted molar refractivity (Wildman–Crippen MR) is 23.2 cm³/mol. The maximum Gasteiger partial charge on any atom is 2.00 e. The van der Waals surface area contributed by atoms with Crippen LogP contribution in [0.25, 0.3) is 0 Å². The van der Waals surface area contributed by atoms with Gasteiger partial charge in [-0.25, -0.2) is 0 Å². The third kappa shape index (κ3) is 4.31. The standard InChI is InChI=1S/C3H3N2.BrH.Mg/c1-2-4-5-3-1;;/h1-2H,(H,4,5);1H;/q-1;;+2/p-1. The van der Waals surface area contributed by atoms with E-state index in [4.69, 9.17) is 0 Å². The van der Waals surface area contributed by atoms with Gasteiger partial charge in [0.05, 0.1) is 0 Å². The quantitative estimate of drug-likeness (QED) is 0.324. The van der Waals surface area contributed by atoms with Crippen LogP contribution in [0.2, 0.25) is 0 Å². The zero-order valence-corrected chi connectivity index (χ0v) is 6.69. The Balaban J connectivity index is 0. The van der Waals surface area contributed by atoms with Crippen molar-refractivity contribution in [1.29, 1.82) is 0 Å². The topological polar surface area (TPSA) is 28.7 Å². The van der Waals surface area contributed by atoms with Crippen molar-refractivity contribution in [3.8, 4) is 0 Å². The first-order valence-electron chi connectivity index (χ1n) is 1.36. The summed E-state index contributed by atoms with van der Waals surface area (Å²) in [6, 6.07) is 1.71. The molecule has 0 unspecified atom stereocenters. The van der Waals surface area contributed by atoms with E-state index in [9.17, 15) is 0 Å². The molecule has 0 aromatic carbocycles. The molecular weight excluding hydrogens is 168 g/mol. The molecule has 0 fully saturated rings. The zero-order valence-electron chi connectivity index (χ0n) is 3.69. The fourth-order valence-electron chi connectivity index (χ4n) is 0.186. The second-order valence-corrected chi connectivity index (χ2v) is 0.703. The Labute approximate surface area is 68.6 Å². The van der Waals surface area contributed by atoms with Crippen LogP contribution in [0.4, 0.5) is 0 Å². The van der Waals surface area contributed by atoms with Crippen LogP contribution in [0, 0.1) is 6.20 Å². The molecule has 4 heteroatoms. The van der Waals surface area contributed by atoms with Crippen molar-refractivity contribution in [2.75, 3.05) is 0 Å². The molecule has 0 aliphatic carbocycles. The van der Waals surface area contributed by atoms with Gasteiger partial charge in [-0.05, 0) is 0 Å². The van der Waals surface area contributed by atoms with Crippen LogP contribution in [0.3, 0.4) is 0 Å². The summed E-state index contributed by atoms with van der Waals surface area (Å²) in [6.45, 7) is 0. The minimum Gasteiger partial charge on any atom is -1.00 e. The third-order valence-corrected chi connectivity index (χ3v) is 0.362. The van der Waals surface area contributed by atoms with Crippen LogP contribution < -0.4 is 17.0 Å². The van der Waals surface area contributed by atoms with Crippen LogP contribution in [0.15, 0.2) is 12.3 Å². The van der Waals surface area contributed by atoms with Crippen molar-refractivity contribution < 1.29 is 17.0 Å². The third-order valence-electron chi connectivity index (χ3n) is 0.362. The summed E-state index contributed by atoms with van der Waals surface area (Å²) in [7, 11) is 0. The summed E-state index contributed by atoms with van der Waals surface area (Å²) in [6.07, 6.45) is 4.26. The summed E-state index contributed by atoms with van der Waals surface area (Å²) in [5, 5.41) is 6.03. The summed E-state index contributed by atoms with van der Waals surface area (Å²) in [4.78, 5) is 0. The van der Waals surface area contributed by atoms with E-state index in [-0.39, 0.29) is 40.0 Å². The van der Waals surface area contributed by atoms with Crippen molar-refractivity contribution in [3.05, 3.63) is 18.5 Å². The molecule has 0 aliphatic rings. The van der Waals surface area contributed by atoms with Gasteiger partial charge in [-0.2, -0.15) is 6.07 Å². The Hall–Kier alpha value is 0.456. The normalized spacial score (nSPS) is 5.71. The first kappa shape index (κ1) is 10.4. The number of rotatable bonds is 0. The molecule has 0 aliphatic heterocycles. The Morgan fingerprint density at radius 3 is 2.43 bits per heavy atom. The smallest absolute Gasteiger partial charge is 1.00 e. The first-order valence-corrected chi connectivity index (χ1v) is 1.36. The van der Waals surface area contributed by atoms with Crippen LogP contribution in [-0.2, 0) is 0 Å². The van der Waals surface area contributed by atoms with Crippen molar-refractivity contribution in [2.24, 2.45) is 0 Å².